The number of carbonyl (C=O) groups is 1. The van der Waals surface area contributed by atoms with Crippen LogP contribution in [0.1, 0.15) is 30.6 Å². The Hall–Kier alpha value is -1.79. The third kappa shape index (κ3) is 5.14. The van der Waals surface area contributed by atoms with Gasteiger partial charge in [-0.05, 0) is 42.3 Å². The lowest BCUT2D eigenvalue weighted by atomic mass is 10.0. The number of aliphatic hydroxyl groups excluding tert-OH is 1. The molecule has 1 heterocycles. The maximum atomic E-state index is 12.3. The van der Waals surface area contributed by atoms with E-state index in [1.54, 1.807) is 11.8 Å². The quantitative estimate of drug-likeness (QED) is 0.751. The van der Waals surface area contributed by atoms with E-state index < -0.39 is 6.10 Å². The Balaban J connectivity index is 1.76. The van der Waals surface area contributed by atoms with Crippen LogP contribution in [0.3, 0.4) is 0 Å². The van der Waals surface area contributed by atoms with E-state index >= 15 is 0 Å². The Bertz CT molecular complexity index is 720. The number of ether oxygens (including phenoxy) is 1. The molecule has 0 bridgehead atoms. The van der Waals surface area contributed by atoms with Gasteiger partial charge in [0.2, 0.25) is 0 Å². The number of hydrogen-bond donors (Lipinski definition) is 2. The first-order valence-electron chi connectivity index (χ1n) is 8.83. The molecule has 0 radical (unpaired) electrons. The summed E-state index contributed by atoms with van der Waals surface area (Å²) in [5.74, 6) is 0. The molecule has 0 aliphatic carbocycles. The molecular formula is C20H22Cl2N2O3. The monoisotopic (exact) mass is 408 g/mol. The molecule has 2 amide bonds. The summed E-state index contributed by atoms with van der Waals surface area (Å²) in [5, 5.41) is 13.3. The van der Waals surface area contributed by atoms with E-state index in [9.17, 15) is 9.90 Å². The number of hydrogen-bond acceptors (Lipinski definition) is 3. The molecule has 0 spiro atoms. The molecule has 2 atom stereocenters. The summed E-state index contributed by atoms with van der Waals surface area (Å²) in [6.45, 7) is 2.45. The van der Waals surface area contributed by atoms with Crippen LogP contribution in [0.4, 0.5) is 4.79 Å². The predicted molar refractivity (Wildman–Crippen MR) is 106 cm³/mol. The zero-order valence-corrected chi connectivity index (χ0v) is 16.5. The molecule has 0 aromatic heterocycles. The number of likely N-dealkylation sites (tertiary alicyclic amines) is 1. The summed E-state index contributed by atoms with van der Waals surface area (Å²) < 4.78 is 6.30. The summed E-state index contributed by atoms with van der Waals surface area (Å²) in [4.78, 5) is 13.9. The molecule has 1 fully saturated rings. The Morgan fingerprint density at radius 2 is 1.67 bits per heavy atom. The number of halogens is 2. The molecule has 1 aliphatic rings. The fraction of sp³-hybridized carbons (Fsp3) is 0.350. The van der Waals surface area contributed by atoms with E-state index in [0.717, 1.165) is 17.5 Å². The minimum Gasteiger partial charge on any atom is -0.392 e. The average molecular weight is 409 g/mol. The van der Waals surface area contributed by atoms with Crippen molar-refractivity contribution in [2.75, 3.05) is 13.1 Å². The lowest BCUT2D eigenvalue weighted by Crippen LogP contribution is -2.56. The molecule has 144 valence electrons. The van der Waals surface area contributed by atoms with Crippen molar-refractivity contribution < 1.29 is 14.6 Å². The topological polar surface area (TPSA) is 61.8 Å². The summed E-state index contributed by atoms with van der Waals surface area (Å²) in [6.07, 6.45) is -0.530. The molecule has 2 N–H and O–H groups in total. The van der Waals surface area contributed by atoms with Crippen molar-refractivity contribution in [3.05, 3.63) is 69.7 Å². The van der Waals surface area contributed by atoms with E-state index in [4.69, 9.17) is 27.9 Å². The maximum Gasteiger partial charge on any atom is 0.319 e. The second-order valence-electron chi connectivity index (χ2n) is 6.59. The van der Waals surface area contributed by atoms with Gasteiger partial charge in [-0.1, -0.05) is 47.5 Å². The molecule has 3 rings (SSSR count). The standard InChI is InChI=1S/C20H22Cl2N2O3/c1-13(25)12-23-20(26)24-11-10-18(24)27-19(14-2-6-16(21)7-3-14)15-4-8-17(22)9-5-15/h2-9,13,18-19,25H,10-12H2,1H3,(H,23,26). The third-order valence-corrected chi connectivity index (χ3v) is 4.92. The van der Waals surface area contributed by atoms with Crippen molar-refractivity contribution in [2.24, 2.45) is 0 Å². The second kappa shape index (κ2) is 8.93. The molecule has 1 saturated heterocycles. The highest BCUT2D eigenvalue weighted by Gasteiger charge is 2.35. The van der Waals surface area contributed by atoms with Gasteiger partial charge in [-0.2, -0.15) is 0 Å². The average Bonchev–Trinajstić information content (AvgIpc) is 2.62. The second-order valence-corrected chi connectivity index (χ2v) is 7.46. The van der Waals surface area contributed by atoms with Crippen LogP contribution in [-0.4, -0.2) is 41.5 Å². The molecule has 2 aromatic rings. The van der Waals surface area contributed by atoms with Gasteiger partial charge in [0.15, 0.2) is 0 Å². The van der Waals surface area contributed by atoms with Crippen molar-refractivity contribution in [3.63, 3.8) is 0 Å². The van der Waals surface area contributed by atoms with Crippen molar-refractivity contribution in [1.29, 1.82) is 0 Å². The van der Waals surface area contributed by atoms with Crippen LogP contribution >= 0.6 is 23.2 Å². The van der Waals surface area contributed by atoms with Gasteiger partial charge in [0.1, 0.15) is 12.3 Å². The van der Waals surface area contributed by atoms with Gasteiger partial charge in [-0.15, -0.1) is 0 Å². The highest BCUT2D eigenvalue weighted by atomic mass is 35.5. The third-order valence-electron chi connectivity index (χ3n) is 4.41. The van der Waals surface area contributed by atoms with E-state index in [1.165, 1.54) is 0 Å². The molecule has 2 aromatic carbocycles. The molecule has 5 nitrogen and oxygen atoms in total. The minimum atomic E-state index is -0.592. The van der Waals surface area contributed by atoms with Gasteiger partial charge in [-0.25, -0.2) is 4.79 Å². The molecule has 0 saturated carbocycles. The number of nitrogens with one attached hydrogen (secondary N) is 1. The molecular weight excluding hydrogens is 387 g/mol. The maximum absolute atomic E-state index is 12.3. The van der Waals surface area contributed by atoms with Crippen molar-refractivity contribution >= 4 is 29.2 Å². The van der Waals surface area contributed by atoms with Gasteiger partial charge in [0, 0.05) is 29.6 Å². The summed E-state index contributed by atoms with van der Waals surface area (Å²) in [5.41, 5.74) is 1.89. The number of amides is 2. The zero-order chi connectivity index (χ0) is 19.4. The first-order valence-corrected chi connectivity index (χ1v) is 9.58. The van der Waals surface area contributed by atoms with Crippen molar-refractivity contribution in [2.45, 2.75) is 31.8 Å². The highest BCUT2D eigenvalue weighted by molar-refractivity contribution is 6.30. The van der Waals surface area contributed by atoms with Gasteiger partial charge in [0.05, 0.1) is 6.10 Å². The largest absolute Gasteiger partial charge is 0.392 e. The number of aliphatic hydroxyl groups is 1. The van der Waals surface area contributed by atoms with Gasteiger partial charge >= 0.3 is 6.03 Å². The Kier molecular flexibility index (Phi) is 6.60. The zero-order valence-electron chi connectivity index (χ0n) is 14.9. The number of nitrogens with zero attached hydrogens (tertiary/aromatic N) is 1. The van der Waals surface area contributed by atoms with Gasteiger partial charge < -0.3 is 15.2 Å². The normalized spacial score (nSPS) is 17.5. The minimum absolute atomic E-state index is 0.208. The predicted octanol–water partition coefficient (Wildman–Crippen LogP) is 4.22. The van der Waals surface area contributed by atoms with Crippen LogP contribution in [0.2, 0.25) is 10.0 Å². The Morgan fingerprint density at radius 1 is 1.15 bits per heavy atom. The summed E-state index contributed by atoms with van der Waals surface area (Å²) >= 11 is 12.0. The van der Waals surface area contributed by atoms with Crippen LogP contribution in [0, 0.1) is 0 Å². The van der Waals surface area contributed by atoms with Crippen LogP contribution in [0.15, 0.2) is 48.5 Å². The van der Waals surface area contributed by atoms with E-state index in [2.05, 4.69) is 5.32 Å². The summed E-state index contributed by atoms with van der Waals surface area (Å²) in [6, 6.07) is 14.7. The highest BCUT2D eigenvalue weighted by Crippen LogP contribution is 2.33. The molecule has 2 unspecified atom stereocenters. The van der Waals surface area contributed by atoms with Crippen LogP contribution in [-0.2, 0) is 4.74 Å². The molecule has 1 aliphatic heterocycles. The van der Waals surface area contributed by atoms with E-state index in [1.807, 2.05) is 48.5 Å². The van der Waals surface area contributed by atoms with Crippen molar-refractivity contribution in [1.82, 2.24) is 10.2 Å². The molecule has 7 heteroatoms. The Morgan fingerprint density at radius 3 is 2.07 bits per heavy atom. The van der Waals surface area contributed by atoms with Gasteiger partial charge in [-0.3, -0.25) is 4.90 Å². The fourth-order valence-electron chi connectivity index (χ4n) is 2.86. The van der Waals surface area contributed by atoms with Gasteiger partial charge in [0.25, 0.3) is 0 Å². The molecule has 27 heavy (non-hydrogen) atoms. The Labute approximate surface area is 168 Å². The first kappa shape index (κ1) is 20.0. The first-order chi connectivity index (χ1) is 12.9. The number of rotatable bonds is 6. The SMILES string of the molecule is CC(O)CNC(=O)N1CCC1OC(c1ccc(Cl)cc1)c1ccc(Cl)cc1. The number of carbonyl (C=O) groups excluding carboxylic acids is 1. The van der Waals surface area contributed by atoms with Crippen LogP contribution in [0.5, 0.6) is 0 Å². The number of urea groups is 1. The smallest absolute Gasteiger partial charge is 0.319 e. The lowest BCUT2D eigenvalue weighted by molar-refractivity contribution is -0.120. The summed E-state index contributed by atoms with van der Waals surface area (Å²) in [7, 11) is 0. The van der Waals surface area contributed by atoms with Crippen LogP contribution < -0.4 is 5.32 Å². The lowest BCUT2D eigenvalue weighted by Gasteiger charge is -2.42. The van der Waals surface area contributed by atoms with Crippen molar-refractivity contribution in [3.8, 4) is 0 Å². The van der Waals surface area contributed by atoms with E-state index in [-0.39, 0.29) is 24.9 Å². The van der Waals surface area contributed by atoms with Crippen LogP contribution in [0.25, 0.3) is 0 Å². The number of benzene rings is 2. The van der Waals surface area contributed by atoms with E-state index in [0.29, 0.717) is 16.6 Å². The fourth-order valence-corrected chi connectivity index (χ4v) is 3.11.